The molecule has 12 rings (SSSR count). The van der Waals surface area contributed by atoms with E-state index in [1.54, 1.807) is 12.1 Å². The predicted octanol–water partition coefficient (Wildman–Crippen LogP) is 18.2. The highest BCUT2D eigenvalue weighted by Gasteiger charge is 2.35. The van der Waals surface area contributed by atoms with Gasteiger partial charge in [-0.3, -0.25) is 0 Å². The second-order valence-corrected chi connectivity index (χ2v) is 19.4. The summed E-state index contributed by atoms with van der Waals surface area (Å²) in [7, 11) is 0. The molecule has 74 heavy (non-hydrogen) atoms. The number of nitriles is 2. The molecule has 0 saturated heterocycles. The monoisotopic (exact) mass is 962 g/mol. The highest BCUT2D eigenvalue weighted by Crippen LogP contribution is 2.45. The quantitative estimate of drug-likeness (QED) is 0.160. The molecule has 10 aromatic carbocycles. The van der Waals surface area contributed by atoms with Gasteiger partial charge in [-0.2, -0.15) is 23.7 Å². The minimum Gasteiger partial charge on any atom is -0.308 e. The number of alkyl halides is 3. The molecule has 0 N–H and O–H groups in total. The highest BCUT2D eigenvalue weighted by atomic mass is 19.4. The van der Waals surface area contributed by atoms with E-state index in [9.17, 15) is 10.5 Å². The minimum absolute atomic E-state index is 0.109. The van der Waals surface area contributed by atoms with Gasteiger partial charge in [0.1, 0.15) is 11.6 Å². The van der Waals surface area contributed by atoms with Gasteiger partial charge in [-0.1, -0.05) is 150 Å². The van der Waals surface area contributed by atoms with Crippen LogP contribution in [0.25, 0.3) is 111 Å². The molecule has 2 aromatic heterocycles. The van der Waals surface area contributed by atoms with Crippen molar-refractivity contribution in [2.45, 2.75) is 33.9 Å². The predicted molar refractivity (Wildman–Crippen MR) is 296 cm³/mol. The van der Waals surface area contributed by atoms with Gasteiger partial charge >= 0.3 is 6.18 Å². The Kier molecular flexibility index (Phi) is 10.9. The Morgan fingerprint density at radius 1 is 0.351 bits per heavy atom. The molecular weight excluding hydrogens is 918 g/mol. The fourth-order valence-electron chi connectivity index (χ4n) is 10.9. The van der Waals surface area contributed by atoms with Crippen molar-refractivity contribution in [1.29, 1.82) is 10.5 Å². The van der Waals surface area contributed by atoms with E-state index in [1.807, 2.05) is 39.5 Å². The van der Waals surface area contributed by atoms with E-state index in [0.29, 0.717) is 11.4 Å². The average molecular weight is 963 g/mol. The lowest BCUT2D eigenvalue weighted by molar-refractivity contribution is -0.137. The minimum atomic E-state index is -4.81. The summed E-state index contributed by atoms with van der Waals surface area (Å²) in [4.78, 5) is 0. The van der Waals surface area contributed by atoms with Crippen LogP contribution < -0.4 is 0 Å². The van der Waals surface area contributed by atoms with Crippen LogP contribution in [0.15, 0.2) is 200 Å². The maximum absolute atomic E-state index is 15.4. The van der Waals surface area contributed by atoms with Crippen LogP contribution >= 0.6 is 0 Å². The van der Waals surface area contributed by atoms with E-state index in [0.717, 1.165) is 116 Å². The first-order valence-electron chi connectivity index (χ1n) is 24.5. The zero-order valence-corrected chi connectivity index (χ0v) is 41.0. The Balaban J connectivity index is 1.21. The molecule has 7 heteroatoms. The summed E-state index contributed by atoms with van der Waals surface area (Å²) in [5.74, 6) is 0. The third-order valence-corrected chi connectivity index (χ3v) is 14.4. The smallest absolute Gasteiger partial charge is 0.308 e. The van der Waals surface area contributed by atoms with Gasteiger partial charge in [0.25, 0.3) is 0 Å². The van der Waals surface area contributed by atoms with E-state index in [2.05, 4.69) is 179 Å². The highest BCUT2D eigenvalue weighted by molar-refractivity contribution is 6.14. The number of aryl methyl sites for hydroxylation is 4. The van der Waals surface area contributed by atoms with Crippen LogP contribution in [0.2, 0.25) is 0 Å². The molecule has 0 aliphatic carbocycles. The standard InChI is InChI=1S/C67H45F3N4/c1-40-9-5-13-45(27-40)49-18-23-61-55(32-49)56-33-50(46-14-6-10-41(2)28-46)19-24-62(56)73(61)65-36-53(54-22-17-44(38-71)31-60(54)67(68,69)70)37-66(59(65)39-72)74-63-25-20-51(47-15-7-11-42(3)29-47)34-57(63)58-35-52(21-26-64(58)74)48-16-8-12-43(4)30-48/h5-37H,1-4H3. The topological polar surface area (TPSA) is 57.4 Å². The number of fused-ring (bicyclic) bond motifs is 6. The first-order valence-corrected chi connectivity index (χ1v) is 24.5. The van der Waals surface area contributed by atoms with Crippen molar-refractivity contribution in [3.05, 3.63) is 239 Å². The number of rotatable bonds is 7. The summed E-state index contributed by atoms with van der Waals surface area (Å²) < 4.78 is 50.3. The van der Waals surface area contributed by atoms with Crippen LogP contribution in [0.1, 0.15) is 38.9 Å². The summed E-state index contributed by atoms with van der Waals surface area (Å²) in [6, 6.07) is 70.2. The number of hydrogen-bond donors (Lipinski definition) is 0. The summed E-state index contributed by atoms with van der Waals surface area (Å²) >= 11 is 0. The van der Waals surface area contributed by atoms with Gasteiger partial charge in [-0.15, -0.1) is 0 Å². The maximum atomic E-state index is 15.4. The molecule has 0 aliphatic rings. The summed E-state index contributed by atoms with van der Waals surface area (Å²) in [6.45, 7) is 8.27. The molecule has 4 nitrogen and oxygen atoms in total. The average Bonchev–Trinajstić information content (AvgIpc) is 3.91. The molecule has 0 aliphatic heterocycles. The zero-order chi connectivity index (χ0) is 51.0. The van der Waals surface area contributed by atoms with E-state index < -0.39 is 11.7 Å². The summed E-state index contributed by atoms with van der Waals surface area (Å²) in [5, 5.41) is 25.3. The van der Waals surface area contributed by atoms with Gasteiger partial charge in [-0.05, 0) is 156 Å². The Labute approximate surface area is 426 Å². The molecule has 0 spiro atoms. The first-order chi connectivity index (χ1) is 35.8. The molecule has 0 amide bonds. The van der Waals surface area contributed by atoms with E-state index in [4.69, 9.17) is 0 Å². The molecule has 12 aromatic rings. The number of nitrogens with zero attached hydrogens (tertiary/aromatic N) is 4. The Morgan fingerprint density at radius 3 is 0.986 bits per heavy atom. The zero-order valence-electron chi connectivity index (χ0n) is 41.0. The third-order valence-electron chi connectivity index (χ3n) is 14.4. The number of aromatic nitrogens is 2. The summed E-state index contributed by atoms with van der Waals surface area (Å²) in [5.41, 5.74) is 16.0. The molecule has 0 radical (unpaired) electrons. The number of halogens is 3. The van der Waals surface area contributed by atoms with Crippen LogP contribution in [0.5, 0.6) is 0 Å². The van der Waals surface area contributed by atoms with E-state index >= 15 is 13.2 Å². The molecule has 0 atom stereocenters. The fourth-order valence-corrected chi connectivity index (χ4v) is 10.9. The van der Waals surface area contributed by atoms with Crippen molar-refractivity contribution < 1.29 is 13.2 Å². The van der Waals surface area contributed by atoms with Crippen LogP contribution in [-0.2, 0) is 6.18 Å². The fraction of sp³-hybridized carbons (Fsp3) is 0.0746. The molecule has 354 valence electrons. The molecule has 0 unspecified atom stereocenters. The molecule has 2 heterocycles. The Morgan fingerprint density at radius 2 is 0.689 bits per heavy atom. The first kappa shape index (κ1) is 45.7. The van der Waals surface area contributed by atoms with Gasteiger partial charge in [0, 0.05) is 21.5 Å². The lowest BCUT2D eigenvalue weighted by Gasteiger charge is -2.20. The van der Waals surface area contributed by atoms with Gasteiger partial charge in [-0.25, -0.2) is 0 Å². The Bertz CT molecular complexity index is 3940. The van der Waals surface area contributed by atoms with Crippen molar-refractivity contribution in [2.24, 2.45) is 0 Å². The molecule has 0 fully saturated rings. The largest absolute Gasteiger partial charge is 0.417 e. The van der Waals surface area contributed by atoms with Gasteiger partial charge in [0.05, 0.1) is 50.6 Å². The number of hydrogen-bond acceptors (Lipinski definition) is 2. The SMILES string of the molecule is Cc1cccc(-c2ccc3c(c2)c2cc(-c4cccc(C)c4)ccc2n3-c2cc(-c3ccc(C#N)cc3C(F)(F)F)cc(-n3c4ccc(-c5cccc(C)c5)cc4c4cc(-c5cccc(C)c5)ccc43)c2C#N)c1. The second-order valence-electron chi connectivity index (χ2n) is 19.4. The van der Waals surface area contributed by atoms with E-state index in [1.165, 1.54) is 12.1 Å². The summed E-state index contributed by atoms with van der Waals surface area (Å²) in [6.07, 6.45) is -4.81. The lowest BCUT2D eigenvalue weighted by Crippen LogP contribution is -2.09. The van der Waals surface area contributed by atoms with Crippen LogP contribution in [0.4, 0.5) is 13.2 Å². The second kappa shape index (κ2) is 17.7. The van der Waals surface area contributed by atoms with Crippen LogP contribution in [0, 0.1) is 50.4 Å². The van der Waals surface area contributed by atoms with Crippen molar-refractivity contribution in [3.63, 3.8) is 0 Å². The van der Waals surface area contributed by atoms with Crippen molar-refractivity contribution in [2.75, 3.05) is 0 Å². The van der Waals surface area contributed by atoms with Crippen LogP contribution in [0.3, 0.4) is 0 Å². The van der Waals surface area contributed by atoms with Crippen molar-refractivity contribution >= 4 is 43.6 Å². The maximum Gasteiger partial charge on any atom is 0.417 e. The van der Waals surface area contributed by atoms with Crippen molar-refractivity contribution in [1.82, 2.24) is 9.13 Å². The van der Waals surface area contributed by atoms with Crippen LogP contribution in [-0.4, -0.2) is 9.13 Å². The Hall–Kier alpha value is -9.43. The van der Waals surface area contributed by atoms with Crippen molar-refractivity contribution in [3.8, 4) is 79.1 Å². The van der Waals surface area contributed by atoms with Gasteiger partial charge in [0.2, 0.25) is 0 Å². The lowest BCUT2D eigenvalue weighted by atomic mass is 9.94. The van der Waals surface area contributed by atoms with Gasteiger partial charge < -0.3 is 9.13 Å². The molecular formula is C67H45F3N4. The molecule has 0 bridgehead atoms. The number of benzene rings is 10. The molecule has 0 saturated carbocycles. The van der Waals surface area contributed by atoms with E-state index in [-0.39, 0.29) is 22.3 Å². The normalized spacial score (nSPS) is 11.7. The third kappa shape index (κ3) is 7.87. The van der Waals surface area contributed by atoms with Gasteiger partial charge in [0.15, 0.2) is 0 Å².